The van der Waals surface area contributed by atoms with Crippen LogP contribution in [0.2, 0.25) is 0 Å². The zero-order valence-electron chi connectivity index (χ0n) is 19.2. The zero-order valence-corrected chi connectivity index (χ0v) is 19.2. The zero-order chi connectivity index (χ0) is 21.9. The van der Waals surface area contributed by atoms with E-state index < -0.39 is 17.8 Å². The Hall–Kier alpha value is -0.280. The summed E-state index contributed by atoms with van der Waals surface area (Å²) in [5.41, 5.74) is -1.48. The molecule has 6 aliphatic rings. The third-order valence-electron chi connectivity index (χ3n) is 11.3. The van der Waals surface area contributed by atoms with E-state index in [0.717, 1.165) is 25.9 Å². The van der Waals surface area contributed by atoms with Gasteiger partial charge in [0.25, 0.3) is 0 Å². The monoisotopic (exact) mass is 437 g/mol. The largest absolute Gasteiger partial charge is 0.392 e. The smallest absolute Gasteiger partial charge is 0.0771 e. The van der Waals surface area contributed by atoms with E-state index in [1.54, 1.807) is 21.3 Å². The van der Waals surface area contributed by atoms with Gasteiger partial charge in [-0.15, -0.1) is 0 Å². The molecule has 4 unspecified atom stereocenters. The lowest BCUT2D eigenvalue weighted by molar-refractivity contribution is -0.294. The molecule has 1 heterocycles. The van der Waals surface area contributed by atoms with E-state index in [-0.39, 0.29) is 58.7 Å². The summed E-state index contributed by atoms with van der Waals surface area (Å²) >= 11 is 0. The van der Waals surface area contributed by atoms with Crippen molar-refractivity contribution in [3.63, 3.8) is 0 Å². The first kappa shape index (κ1) is 21.3. The summed E-state index contributed by atoms with van der Waals surface area (Å²) in [6, 6.07) is 0.206. The molecule has 0 aromatic heterocycles. The summed E-state index contributed by atoms with van der Waals surface area (Å²) < 4.78 is 17.8. The Morgan fingerprint density at radius 2 is 1.81 bits per heavy atom. The molecule has 1 aliphatic heterocycles. The Labute approximate surface area is 185 Å². The quantitative estimate of drug-likeness (QED) is 0.577. The summed E-state index contributed by atoms with van der Waals surface area (Å²) in [6.07, 6.45) is 1.71. The highest BCUT2D eigenvalue weighted by atomic mass is 16.5. The first-order valence-corrected chi connectivity index (χ1v) is 12.2. The molecule has 1 saturated heterocycles. The number of hydrogen-bond donors (Lipinski definition) is 3. The van der Waals surface area contributed by atoms with Crippen molar-refractivity contribution >= 4 is 0 Å². The van der Waals surface area contributed by atoms with Gasteiger partial charge in [0, 0.05) is 75.3 Å². The average Bonchev–Trinajstić information content (AvgIpc) is 3.17. The molecular weight excluding hydrogens is 398 g/mol. The number of aliphatic hydroxyl groups is 3. The van der Waals surface area contributed by atoms with Crippen molar-refractivity contribution in [2.75, 3.05) is 41.0 Å². The van der Waals surface area contributed by atoms with Gasteiger partial charge in [-0.25, -0.2) is 0 Å². The lowest BCUT2D eigenvalue weighted by atomic mass is 9.42. The number of aliphatic hydroxyl groups excluding tert-OH is 2. The Bertz CT molecular complexity index is 752. The van der Waals surface area contributed by atoms with Crippen molar-refractivity contribution in [3.05, 3.63) is 0 Å². The summed E-state index contributed by atoms with van der Waals surface area (Å²) in [5.74, 6) is 0.352. The maximum atomic E-state index is 12.4. The fourth-order valence-electron chi connectivity index (χ4n) is 10.6. The normalized spacial score (nSPS) is 61.6. The van der Waals surface area contributed by atoms with E-state index in [1.165, 1.54) is 0 Å². The van der Waals surface area contributed by atoms with Gasteiger partial charge in [-0.1, -0.05) is 6.92 Å². The Morgan fingerprint density at radius 1 is 1.03 bits per heavy atom. The van der Waals surface area contributed by atoms with Gasteiger partial charge in [-0.2, -0.15) is 0 Å². The predicted molar refractivity (Wildman–Crippen MR) is 112 cm³/mol. The maximum Gasteiger partial charge on any atom is 0.0771 e. The van der Waals surface area contributed by atoms with Crippen LogP contribution in [0, 0.1) is 40.4 Å². The predicted octanol–water partition coefficient (Wildman–Crippen LogP) is 0.502. The number of fused-ring (bicyclic) bond motifs is 2. The molecule has 6 fully saturated rings. The topological polar surface area (TPSA) is 91.6 Å². The van der Waals surface area contributed by atoms with Gasteiger partial charge in [-0.3, -0.25) is 4.90 Å². The molecule has 7 bridgehead atoms. The Kier molecular flexibility index (Phi) is 4.56. The van der Waals surface area contributed by atoms with Gasteiger partial charge in [0.15, 0.2) is 0 Å². The van der Waals surface area contributed by atoms with Crippen molar-refractivity contribution in [1.82, 2.24) is 4.90 Å². The number of ether oxygens (including phenoxy) is 3. The number of rotatable bonds is 5. The van der Waals surface area contributed by atoms with E-state index >= 15 is 0 Å². The van der Waals surface area contributed by atoms with Crippen LogP contribution >= 0.6 is 0 Å². The summed E-state index contributed by atoms with van der Waals surface area (Å²) in [5, 5.41) is 35.3. The summed E-state index contributed by atoms with van der Waals surface area (Å²) in [7, 11) is 5.24. The highest BCUT2D eigenvalue weighted by molar-refractivity contribution is 5.34. The Morgan fingerprint density at radius 3 is 2.45 bits per heavy atom. The molecule has 0 amide bonds. The minimum atomic E-state index is -0.940. The molecule has 3 N–H and O–H groups in total. The average molecular weight is 438 g/mol. The van der Waals surface area contributed by atoms with Gasteiger partial charge >= 0.3 is 0 Å². The second kappa shape index (κ2) is 6.65. The molecule has 176 valence electrons. The highest BCUT2D eigenvalue weighted by Gasteiger charge is 2.84. The van der Waals surface area contributed by atoms with Crippen molar-refractivity contribution in [2.24, 2.45) is 40.4 Å². The number of methoxy groups -OCH3 is 3. The second-order valence-electron chi connectivity index (χ2n) is 11.5. The second-order valence-corrected chi connectivity index (χ2v) is 11.5. The molecule has 1 spiro atoms. The molecular formula is C24H39NO6. The van der Waals surface area contributed by atoms with Crippen LogP contribution in [0.4, 0.5) is 0 Å². The fraction of sp³-hybridized carbons (Fsp3) is 1.00. The third-order valence-corrected chi connectivity index (χ3v) is 11.3. The van der Waals surface area contributed by atoms with E-state index in [4.69, 9.17) is 14.2 Å². The number of hydrogen-bond acceptors (Lipinski definition) is 7. The van der Waals surface area contributed by atoms with Crippen LogP contribution < -0.4 is 0 Å². The van der Waals surface area contributed by atoms with Gasteiger partial charge in [0.2, 0.25) is 0 Å². The molecule has 5 aliphatic carbocycles. The van der Waals surface area contributed by atoms with Crippen LogP contribution in [0.15, 0.2) is 0 Å². The molecule has 7 heteroatoms. The molecule has 13 atom stereocenters. The van der Waals surface area contributed by atoms with Gasteiger partial charge in [0.05, 0.1) is 36.6 Å². The van der Waals surface area contributed by atoms with E-state index in [9.17, 15) is 15.3 Å². The lowest BCUT2D eigenvalue weighted by Gasteiger charge is -2.70. The van der Waals surface area contributed by atoms with E-state index in [0.29, 0.717) is 19.4 Å². The fourth-order valence-corrected chi connectivity index (χ4v) is 10.6. The third kappa shape index (κ3) is 2.12. The minimum Gasteiger partial charge on any atom is -0.392 e. The van der Waals surface area contributed by atoms with Crippen LogP contribution in [-0.4, -0.2) is 97.3 Å². The molecule has 0 aromatic carbocycles. The van der Waals surface area contributed by atoms with Gasteiger partial charge < -0.3 is 29.5 Å². The standard InChI is InChI=1S/C24H39NO6/c1-5-25-10-22(11-29-2)16-7-14-21(25)24(16,18(31-4)8-17(22)26)13-6-12-15(30-3)9-23(14,28)19(13)20(12)27/h12-21,26-28H,5-11H2,1-4H3/t12-,13?,14+,15+,16?,17-,18+,19?,20+,21?,22-,23+,24-/m1/s1. The molecule has 31 heavy (non-hydrogen) atoms. The number of nitrogens with zero attached hydrogens (tertiary/aromatic N) is 1. The van der Waals surface area contributed by atoms with Gasteiger partial charge in [0.1, 0.15) is 0 Å². The van der Waals surface area contributed by atoms with Crippen LogP contribution in [-0.2, 0) is 14.2 Å². The van der Waals surface area contributed by atoms with Crippen LogP contribution in [0.5, 0.6) is 0 Å². The van der Waals surface area contributed by atoms with Crippen molar-refractivity contribution in [1.29, 1.82) is 0 Å². The molecule has 5 saturated carbocycles. The maximum absolute atomic E-state index is 12.4. The van der Waals surface area contributed by atoms with Crippen molar-refractivity contribution < 1.29 is 29.5 Å². The van der Waals surface area contributed by atoms with E-state index in [1.807, 2.05) is 0 Å². The lowest BCUT2D eigenvalue weighted by Crippen LogP contribution is -2.78. The van der Waals surface area contributed by atoms with Crippen molar-refractivity contribution in [2.45, 2.75) is 68.7 Å². The molecule has 0 aromatic rings. The highest BCUT2D eigenvalue weighted by Crippen LogP contribution is 2.79. The van der Waals surface area contributed by atoms with Crippen LogP contribution in [0.25, 0.3) is 0 Å². The minimum absolute atomic E-state index is 0.0479. The Balaban J connectivity index is 1.60. The number of likely N-dealkylation sites (tertiary alicyclic amines) is 1. The van der Waals surface area contributed by atoms with Crippen LogP contribution in [0.3, 0.4) is 0 Å². The SMILES string of the molecule is CCN1C[C@@]2(COC)C3C[C@H]4C1[C@@]3(C1C[C@@H]3[C@@H](OC)C[C@@]4(O)C1[C@H]3O)[C@@H](OC)C[C@H]2O. The number of piperidine rings is 1. The molecule has 7 nitrogen and oxygen atoms in total. The summed E-state index contributed by atoms with van der Waals surface area (Å²) in [4.78, 5) is 2.52. The van der Waals surface area contributed by atoms with Crippen molar-refractivity contribution in [3.8, 4) is 0 Å². The van der Waals surface area contributed by atoms with Gasteiger partial charge in [-0.05, 0) is 31.2 Å². The molecule has 0 radical (unpaired) electrons. The van der Waals surface area contributed by atoms with Crippen LogP contribution in [0.1, 0.15) is 32.6 Å². The molecule has 6 rings (SSSR count). The first-order valence-electron chi connectivity index (χ1n) is 12.2. The van der Waals surface area contributed by atoms with E-state index in [2.05, 4.69) is 11.8 Å². The summed E-state index contributed by atoms with van der Waals surface area (Å²) in [6.45, 7) is 4.39. The first-order chi connectivity index (χ1) is 14.8.